The lowest BCUT2D eigenvalue weighted by Gasteiger charge is -2.34. The predicted octanol–water partition coefficient (Wildman–Crippen LogP) is 3.97. The summed E-state index contributed by atoms with van der Waals surface area (Å²) < 4.78 is 36.5. The van der Waals surface area contributed by atoms with E-state index in [2.05, 4.69) is 15.3 Å². The van der Waals surface area contributed by atoms with E-state index in [0.29, 0.717) is 29.0 Å². The Morgan fingerprint density at radius 3 is 2.57 bits per heavy atom. The van der Waals surface area contributed by atoms with E-state index in [1.807, 2.05) is 9.24 Å². The number of fused-ring (bicyclic) bond motifs is 1. The van der Waals surface area contributed by atoms with Gasteiger partial charge in [0.2, 0.25) is 5.91 Å². The number of nitrogens with zero attached hydrogens (tertiary/aromatic N) is 4. The Morgan fingerprint density at radius 1 is 1.24 bits per heavy atom. The van der Waals surface area contributed by atoms with Crippen molar-refractivity contribution in [3.8, 4) is 0 Å². The van der Waals surface area contributed by atoms with Crippen molar-refractivity contribution in [1.82, 2.24) is 19.4 Å². The highest BCUT2D eigenvalue weighted by molar-refractivity contribution is 7.16. The number of aromatic nitrogens is 3. The van der Waals surface area contributed by atoms with Crippen molar-refractivity contribution in [3.63, 3.8) is 0 Å². The van der Waals surface area contributed by atoms with Crippen molar-refractivity contribution < 1.29 is 18.3 Å². The van der Waals surface area contributed by atoms with Crippen LogP contribution >= 0.6 is 9.24 Å². The maximum atomic E-state index is 15.0. The number of carbonyl (C=O) groups excluding carboxylic acids is 1. The lowest BCUT2D eigenvalue weighted by Crippen LogP contribution is -2.44. The lowest BCUT2D eigenvalue weighted by atomic mass is 9.81. The number of aryl methyl sites for hydroxylation is 1. The van der Waals surface area contributed by atoms with Crippen LogP contribution in [0.5, 0.6) is 0 Å². The van der Waals surface area contributed by atoms with Gasteiger partial charge in [-0.25, -0.2) is 18.7 Å². The Morgan fingerprint density at radius 2 is 1.95 bits per heavy atom. The summed E-state index contributed by atoms with van der Waals surface area (Å²) in [5.41, 5.74) is -0.451. The summed E-state index contributed by atoms with van der Waals surface area (Å²) in [5.74, 6) is -1.81. The van der Waals surface area contributed by atoms with Crippen molar-refractivity contribution >= 4 is 32.0 Å². The molecule has 1 aliphatic carbocycles. The average Bonchev–Trinajstić information content (AvgIpc) is 3.56. The summed E-state index contributed by atoms with van der Waals surface area (Å²) in [5, 5.41) is 3.79. The van der Waals surface area contributed by atoms with Crippen LogP contribution in [0.4, 0.5) is 14.6 Å². The van der Waals surface area contributed by atoms with Gasteiger partial charge in [-0.1, -0.05) is 27.4 Å². The highest BCUT2D eigenvalue weighted by Crippen LogP contribution is 2.63. The smallest absolute Gasteiger partial charge is 0.258 e. The van der Waals surface area contributed by atoms with Gasteiger partial charge in [0.25, 0.3) is 5.56 Å². The molecule has 3 aromatic rings. The van der Waals surface area contributed by atoms with E-state index in [0.717, 1.165) is 12.8 Å². The molecule has 2 aliphatic rings. The number of alkyl halides is 1. The number of amides is 1. The third-order valence-electron chi connectivity index (χ3n) is 8.03. The average molecular weight is 530 g/mol. The fourth-order valence-electron chi connectivity index (χ4n) is 5.76. The number of rotatable bonds is 6. The number of nitrogens with one attached hydrogen (secondary N) is 1. The normalized spacial score (nSPS) is 21.9. The van der Waals surface area contributed by atoms with Gasteiger partial charge in [0.15, 0.2) is 0 Å². The van der Waals surface area contributed by atoms with E-state index in [9.17, 15) is 14.0 Å². The zero-order valence-corrected chi connectivity index (χ0v) is 22.4. The molecule has 1 spiro atoms. The second-order valence-corrected chi connectivity index (χ2v) is 10.7. The molecule has 196 valence electrons. The molecule has 3 heterocycles. The minimum Gasteiger partial charge on any atom is -0.371 e. The summed E-state index contributed by atoms with van der Waals surface area (Å²) in [6.45, 7) is 4.09. The van der Waals surface area contributed by atoms with Gasteiger partial charge in [-0.15, -0.1) is 0 Å². The van der Waals surface area contributed by atoms with E-state index < -0.39 is 23.4 Å². The first-order valence-electron chi connectivity index (χ1n) is 12.2. The van der Waals surface area contributed by atoms with Crippen LogP contribution < -0.4 is 10.9 Å². The summed E-state index contributed by atoms with van der Waals surface area (Å²) in [6.07, 6.45) is 3.03. The van der Waals surface area contributed by atoms with E-state index in [1.165, 1.54) is 23.9 Å². The van der Waals surface area contributed by atoms with Gasteiger partial charge in [-0.05, 0) is 25.8 Å². The molecule has 37 heavy (non-hydrogen) atoms. The Bertz CT molecular complexity index is 1460. The van der Waals surface area contributed by atoms with Crippen molar-refractivity contribution in [2.75, 3.05) is 25.5 Å². The Labute approximate surface area is 215 Å². The molecule has 8 nitrogen and oxygen atoms in total. The van der Waals surface area contributed by atoms with Crippen LogP contribution in [0.1, 0.15) is 55.3 Å². The molecule has 2 fully saturated rings. The first-order valence-corrected chi connectivity index (χ1v) is 12.8. The third-order valence-corrected chi connectivity index (χ3v) is 8.38. The third kappa shape index (κ3) is 3.92. The minimum absolute atomic E-state index is 0.0404. The first-order chi connectivity index (χ1) is 17.5. The number of carbonyl (C=O) groups is 1. The number of ether oxygens (including phenoxy) is 1. The van der Waals surface area contributed by atoms with Crippen LogP contribution in [0, 0.1) is 11.2 Å². The number of halogens is 2. The SMILES string of the molecule is COC1(c2cc3c(N[C@H](C)c4cccc(C(F)P)c4F)ncnc3n(C)c2=O)CN(C(C)=O)CC12CC2. The molecule has 1 saturated carbocycles. The van der Waals surface area contributed by atoms with Crippen LogP contribution in [0.2, 0.25) is 0 Å². The Hall–Kier alpha value is -2.97. The fraction of sp³-hybridized carbons (Fsp3) is 0.462. The van der Waals surface area contributed by atoms with Crippen molar-refractivity contribution in [2.24, 2.45) is 12.5 Å². The Kier molecular flexibility index (Phi) is 6.31. The van der Waals surface area contributed by atoms with Crippen LogP contribution in [0.15, 0.2) is 35.4 Å². The zero-order valence-electron chi connectivity index (χ0n) is 21.2. The maximum Gasteiger partial charge on any atom is 0.258 e. The van der Waals surface area contributed by atoms with E-state index in [1.54, 1.807) is 44.2 Å². The lowest BCUT2D eigenvalue weighted by molar-refractivity contribution is -0.129. The molecule has 1 amide bonds. The molecule has 4 atom stereocenters. The second kappa shape index (κ2) is 9.10. The van der Waals surface area contributed by atoms with Gasteiger partial charge in [0.05, 0.1) is 23.5 Å². The van der Waals surface area contributed by atoms with Gasteiger partial charge in [0, 0.05) is 44.2 Å². The number of benzene rings is 1. The van der Waals surface area contributed by atoms with E-state index in [-0.39, 0.29) is 34.6 Å². The quantitative estimate of drug-likeness (QED) is 0.487. The van der Waals surface area contributed by atoms with Gasteiger partial charge < -0.3 is 15.0 Å². The van der Waals surface area contributed by atoms with Gasteiger partial charge in [-0.2, -0.15) is 0 Å². The molecule has 1 aliphatic heterocycles. The van der Waals surface area contributed by atoms with Gasteiger partial charge in [0.1, 0.15) is 35.1 Å². The van der Waals surface area contributed by atoms with Crippen LogP contribution in [-0.4, -0.2) is 45.5 Å². The van der Waals surface area contributed by atoms with Gasteiger partial charge in [-0.3, -0.25) is 14.2 Å². The molecule has 2 aromatic heterocycles. The molecular weight excluding hydrogens is 499 g/mol. The fourth-order valence-corrected chi connectivity index (χ4v) is 6.01. The van der Waals surface area contributed by atoms with Crippen molar-refractivity contribution in [3.05, 3.63) is 63.5 Å². The summed E-state index contributed by atoms with van der Waals surface area (Å²) >= 11 is 0. The number of pyridine rings is 1. The molecule has 0 bridgehead atoms. The van der Waals surface area contributed by atoms with E-state index >= 15 is 4.39 Å². The van der Waals surface area contributed by atoms with Crippen LogP contribution in [-0.2, 0) is 22.2 Å². The van der Waals surface area contributed by atoms with Crippen LogP contribution in [0.3, 0.4) is 0 Å². The number of anilines is 1. The predicted molar refractivity (Wildman–Crippen MR) is 139 cm³/mol. The topological polar surface area (TPSA) is 89.3 Å². The highest BCUT2D eigenvalue weighted by Gasteiger charge is 2.67. The zero-order chi connectivity index (χ0) is 26.7. The Balaban J connectivity index is 1.62. The van der Waals surface area contributed by atoms with Crippen LogP contribution in [0.25, 0.3) is 11.0 Å². The maximum absolute atomic E-state index is 15.0. The second-order valence-electron chi connectivity index (χ2n) is 10.1. The van der Waals surface area contributed by atoms with Crippen molar-refractivity contribution in [1.29, 1.82) is 0 Å². The monoisotopic (exact) mass is 529 g/mol. The molecule has 3 unspecified atom stereocenters. The number of hydrogen-bond acceptors (Lipinski definition) is 6. The molecular formula is C26H30F2N5O3P. The molecule has 1 saturated heterocycles. The first kappa shape index (κ1) is 25.7. The molecule has 5 rings (SSSR count). The van der Waals surface area contributed by atoms with Crippen molar-refractivity contribution in [2.45, 2.75) is 44.2 Å². The summed E-state index contributed by atoms with van der Waals surface area (Å²) in [6, 6.07) is 5.80. The number of likely N-dealkylation sites (tertiary alicyclic amines) is 1. The highest BCUT2D eigenvalue weighted by atomic mass is 31.0. The standard InChI is InChI=1S/C26H30F2N5O3P/c1-14(16-6-5-7-17(20(16)27)21(28)37)31-22-18-10-19(24(35)32(3)23(18)30-13-29-22)26(36-4)12-33(15(2)34)11-25(26)8-9-25/h5-7,10,13-14,21H,8-9,11-12,37H2,1-4H3,(H,29,30,31)/t14-,21?,26?/m1/s1. The number of hydrogen-bond donors (Lipinski definition) is 1. The summed E-state index contributed by atoms with van der Waals surface area (Å²) in [7, 11) is 5.18. The van der Waals surface area contributed by atoms with Gasteiger partial charge >= 0.3 is 0 Å². The molecule has 1 aromatic carbocycles. The molecule has 0 radical (unpaired) electrons. The minimum atomic E-state index is -1.52. The largest absolute Gasteiger partial charge is 0.371 e. The molecule has 11 heteroatoms. The number of methoxy groups -OCH3 is 1. The molecule has 1 N–H and O–H groups in total. The summed E-state index contributed by atoms with van der Waals surface area (Å²) in [4.78, 5) is 36.4. The van der Waals surface area contributed by atoms with E-state index in [4.69, 9.17) is 4.74 Å².